The normalized spacial score (nSPS) is 15.9. The summed E-state index contributed by atoms with van der Waals surface area (Å²) in [6.07, 6.45) is 0. The summed E-state index contributed by atoms with van der Waals surface area (Å²) in [6.45, 7) is 7.87. The lowest BCUT2D eigenvalue weighted by Gasteiger charge is -2.36. The molecule has 1 N–H and O–H groups in total. The first-order valence-corrected chi connectivity index (χ1v) is 9.99. The Balaban J connectivity index is 1.52. The van der Waals surface area contributed by atoms with Crippen molar-refractivity contribution in [2.45, 2.75) is 19.9 Å². The van der Waals surface area contributed by atoms with Gasteiger partial charge >= 0.3 is 0 Å². The Labute approximate surface area is 167 Å². The summed E-state index contributed by atoms with van der Waals surface area (Å²) in [6, 6.07) is 18.4. The molecule has 2 aromatic carbocycles. The average Bonchev–Trinajstić information content (AvgIpc) is 2.69. The number of carbonyl (C=O) groups excluding carboxylic acids is 1. The third-order valence-electron chi connectivity index (χ3n) is 5.10. The van der Waals surface area contributed by atoms with E-state index in [0.29, 0.717) is 12.5 Å². The smallest absolute Gasteiger partial charge is 0.236 e. The highest BCUT2D eigenvalue weighted by Gasteiger charge is 2.23. The van der Waals surface area contributed by atoms with Crippen LogP contribution in [0, 0.1) is 5.92 Å². The summed E-state index contributed by atoms with van der Waals surface area (Å²) in [4.78, 5) is 16.9. The van der Waals surface area contributed by atoms with Gasteiger partial charge in [0.05, 0.1) is 6.54 Å². The van der Waals surface area contributed by atoms with Crippen LogP contribution < -0.4 is 10.2 Å². The lowest BCUT2D eigenvalue weighted by molar-refractivity contribution is -0.130. The number of hydrogen-bond acceptors (Lipinski definition) is 3. The predicted molar refractivity (Wildman–Crippen MR) is 112 cm³/mol. The molecule has 144 valence electrons. The van der Waals surface area contributed by atoms with E-state index in [9.17, 15) is 4.79 Å². The standard InChI is InChI=1S/C22H28ClN3O/c1-17(2)22(18-7-4-3-5-8-18)24-16-21(27)26-13-11-25(12-14-26)20-10-6-9-19(23)15-20/h3-10,15,17,22,24H,11-14,16H2,1-2H3/t22-/m0/s1. The van der Waals surface area contributed by atoms with E-state index in [2.05, 4.69) is 42.3 Å². The van der Waals surface area contributed by atoms with E-state index in [1.165, 1.54) is 5.56 Å². The molecule has 0 saturated carbocycles. The maximum atomic E-state index is 12.7. The fourth-order valence-corrected chi connectivity index (χ4v) is 3.78. The SMILES string of the molecule is CC(C)[C@H](NCC(=O)N1CCN(c2cccc(Cl)c2)CC1)c1ccccc1. The number of anilines is 1. The summed E-state index contributed by atoms with van der Waals surface area (Å²) in [5, 5.41) is 4.21. The van der Waals surface area contributed by atoms with Crippen LogP contribution in [0.2, 0.25) is 5.02 Å². The van der Waals surface area contributed by atoms with E-state index in [-0.39, 0.29) is 11.9 Å². The zero-order valence-corrected chi connectivity index (χ0v) is 16.8. The highest BCUT2D eigenvalue weighted by atomic mass is 35.5. The number of carbonyl (C=O) groups is 1. The number of rotatable bonds is 6. The number of benzene rings is 2. The van der Waals surface area contributed by atoms with Gasteiger partial charge in [-0.15, -0.1) is 0 Å². The minimum Gasteiger partial charge on any atom is -0.368 e. The van der Waals surface area contributed by atoms with Gasteiger partial charge in [-0.25, -0.2) is 0 Å². The monoisotopic (exact) mass is 385 g/mol. The van der Waals surface area contributed by atoms with Gasteiger partial charge in [0.2, 0.25) is 5.91 Å². The lowest BCUT2D eigenvalue weighted by Crippen LogP contribution is -2.51. The molecule has 4 nitrogen and oxygen atoms in total. The number of hydrogen-bond donors (Lipinski definition) is 1. The first-order valence-electron chi connectivity index (χ1n) is 9.61. The van der Waals surface area contributed by atoms with Crippen LogP contribution in [0.15, 0.2) is 54.6 Å². The molecular formula is C22H28ClN3O. The van der Waals surface area contributed by atoms with Crippen molar-refractivity contribution in [2.75, 3.05) is 37.6 Å². The molecule has 0 bridgehead atoms. The van der Waals surface area contributed by atoms with Gasteiger partial charge in [-0.05, 0) is 29.7 Å². The van der Waals surface area contributed by atoms with Gasteiger partial charge in [-0.2, -0.15) is 0 Å². The minimum atomic E-state index is 0.169. The number of amides is 1. The largest absolute Gasteiger partial charge is 0.368 e. The van der Waals surface area contributed by atoms with E-state index in [0.717, 1.165) is 36.9 Å². The topological polar surface area (TPSA) is 35.6 Å². The van der Waals surface area contributed by atoms with Crippen LogP contribution in [0.4, 0.5) is 5.69 Å². The molecule has 1 aliphatic rings. The molecule has 3 rings (SSSR count). The Morgan fingerprint density at radius 1 is 1.04 bits per heavy atom. The summed E-state index contributed by atoms with van der Waals surface area (Å²) in [5.74, 6) is 0.585. The van der Waals surface area contributed by atoms with Gasteiger partial charge in [-0.1, -0.05) is 61.8 Å². The zero-order valence-electron chi connectivity index (χ0n) is 16.1. The Morgan fingerprint density at radius 3 is 2.37 bits per heavy atom. The Kier molecular flexibility index (Phi) is 6.75. The number of halogens is 1. The molecule has 1 heterocycles. The van der Waals surface area contributed by atoms with Crippen LogP contribution in [-0.2, 0) is 4.79 Å². The van der Waals surface area contributed by atoms with Gasteiger partial charge in [0.15, 0.2) is 0 Å². The second-order valence-electron chi connectivity index (χ2n) is 7.36. The fourth-order valence-electron chi connectivity index (χ4n) is 3.59. The average molecular weight is 386 g/mol. The van der Waals surface area contributed by atoms with Crippen LogP contribution >= 0.6 is 11.6 Å². The molecular weight excluding hydrogens is 358 g/mol. The van der Waals surface area contributed by atoms with Gasteiger partial charge in [0, 0.05) is 42.9 Å². The summed E-state index contributed by atoms with van der Waals surface area (Å²) < 4.78 is 0. The predicted octanol–water partition coefficient (Wildman–Crippen LogP) is 3.98. The molecule has 0 unspecified atom stereocenters. The van der Waals surface area contributed by atoms with Gasteiger partial charge in [0.1, 0.15) is 0 Å². The van der Waals surface area contributed by atoms with Crippen molar-refractivity contribution in [3.63, 3.8) is 0 Å². The second-order valence-corrected chi connectivity index (χ2v) is 7.80. The van der Waals surface area contributed by atoms with E-state index >= 15 is 0 Å². The van der Waals surface area contributed by atoms with Crippen molar-refractivity contribution in [1.29, 1.82) is 0 Å². The number of nitrogens with one attached hydrogen (secondary N) is 1. The van der Waals surface area contributed by atoms with Crippen molar-refractivity contribution >= 4 is 23.2 Å². The van der Waals surface area contributed by atoms with E-state index in [1.807, 2.05) is 41.3 Å². The summed E-state index contributed by atoms with van der Waals surface area (Å²) in [7, 11) is 0. The lowest BCUT2D eigenvalue weighted by atomic mass is 9.96. The van der Waals surface area contributed by atoms with Gasteiger partial charge < -0.3 is 15.1 Å². The van der Waals surface area contributed by atoms with E-state index < -0.39 is 0 Å². The minimum absolute atomic E-state index is 0.169. The third-order valence-corrected chi connectivity index (χ3v) is 5.34. The highest BCUT2D eigenvalue weighted by molar-refractivity contribution is 6.30. The van der Waals surface area contributed by atoms with Crippen molar-refractivity contribution in [1.82, 2.24) is 10.2 Å². The van der Waals surface area contributed by atoms with E-state index in [4.69, 9.17) is 11.6 Å². The maximum absolute atomic E-state index is 12.7. The number of nitrogens with zero attached hydrogens (tertiary/aromatic N) is 2. The summed E-state index contributed by atoms with van der Waals surface area (Å²) >= 11 is 6.09. The second kappa shape index (κ2) is 9.25. The maximum Gasteiger partial charge on any atom is 0.236 e. The van der Waals surface area contributed by atoms with Crippen LogP contribution in [-0.4, -0.2) is 43.5 Å². The zero-order chi connectivity index (χ0) is 19.2. The Morgan fingerprint density at radius 2 is 1.74 bits per heavy atom. The van der Waals surface area contributed by atoms with Crippen LogP contribution in [0.1, 0.15) is 25.5 Å². The highest BCUT2D eigenvalue weighted by Crippen LogP contribution is 2.22. The molecule has 0 aliphatic carbocycles. The molecule has 0 radical (unpaired) electrons. The molecule has 5 heteroatoms. The Hall–Kier alpha value is -2.04. The Bertz CT molecular complexity index is 742. The summed E-state index contributed by atoms with van der Waals surface area (Å²) in [5.41, 5.74) is 2.35. The van der Waals surface area contributed by atoms with Crippen LogP contribution in [0.25, 0.3) is 0 Å². The molecule has 1 atom stereocenters. The molecule has 1 fully saturated rings. The van der Waals surface area contributed by atoms with Crippen molar-refractivity contribution < 1.29 is 4.79 Å². The molecule has 1 saturated heterocycles. The van der Waals surface area contributed by atoms with Crippen molar-refractivity contribution in [3.8, 4) is 0 Å². The molecule has 0 aromatic heterocycles. The molecule has 27 heavy (non-hydrogen) atoms. The van der Waals surface area contributed by atoms with Crippen molar-refractivity contribution in [2.24, 2.45) is 5.92 Å². The van der Waals surface area contributed by atoms with Crippen molar-refractivity contribution in [3.05, 3.63) is 65.2 Å². The first kappa shape index (κ1) is 19.7. The number of piperazine rings is 1. The van der Waals surface area contributed by atoms with Crippen LogP contribution in [0.5, 0.6) is 0 Å². The van der Waals surface area contributed by atoms with Gasteiger partial charge in [0.25, 0.3) is 0 Å². The molecule has 0 spiro atoms. The van der Waals surface area contributed by atoms with Crippen LogP contribution in [0.3, 0.4) is 0 Å². The first-order chi connectivity index (χ1) is 13.0. The molecule has 1 aliphatic heterocycles. The quantitative estimate of drug-likeness (QED) is 0.817. The molecule has 2 aromatic rings. The van der Waals surface area contributed by atoms with Gasteiger partial charge in [-0.3, -0.25) is 4.79 Å². The third kappa shape index (κ3) is 5.24. The van der Waals surface area contributed by atoms with E-state index in [1.54, 1.807) is 0 Å². The fraction of sp³-hybridized carbons (Fsp3) is 0.409. The molecule has 1 amide bonds.